The minimum atomic E-state index is -0.0158. The second-order valence-corrected chi connectivity index (χ2v) is 7.32. The van der Waals surface area contributed by atoms with Gasteiger partial charge in [-0.25, -0.2) is 4.98 Å². The summed E-state index contributed by atoms with van der Waals surface area (Å²) in [6.07, 6.45) is 4.76. The predicted octanol–water partition coefficient (Wildman–Crippen LogP) is 4.26. The lowest BCUT2D eigenvalue weighted by Gasteiger charge is -2.15. The summed E-state index contributed by atoms with van der Waals surface area (Å²) in [4.78, 5) is 17.2. The van der Waals surface area contributed by atoms with Gasteiger partial charge in [-0.05, 0) is 55.5 Å². The van der Waals surface area contributed by atoms with Gasteiger partial charge < -0.3 is 5.32 Å². The van der Waals surface area contributed by atoms with E-state index in [1.807, 2.05) is 30.3 Å². The first-order chi connectivity index (χ1) is 13.2. The molecule has 27 heavy (non-hydrogen) atoms. The van der Waals surface area contributed by atoms with Crippen molar-refractivity contribution in [2.24, 2.45) is 0 Å². The average molecular weight is 380 g/mol. The Hall–Kier alpha value is -2.59. The summed E-state index contributed by atoms with van der Waals surface area (Å²) in [5.74, 6) is 0.885. The molecule has 0 bridgehead atoms. The van der Waals surface area contributed by atoms with Gasteiger partial charge in [0.25, 0.3) is 0 Å². The third-order valence-electron chi connectivity index (χ3n) is 4.94. The van der Waals surface area contributed by atoms with Crippen molar-refractivity contribution >= 4 is 17.5 Å². The first-order valence-corrected chi connectivity index (χ1v) is 9.74. The molecule has 5 heteroatoms. The van der Waals surface area contributed by atoms with Gasteiger partial charge in [0.05, 0.1) is 18.7 Å². The Balaban J connectivity index is 1.52. The van der Waals surface area contributed by atoms with Gasteiger partial charge in [-0.3, -0.25) is 9.36 Å². The van der Waals surface area contributed by atoms with Crippen LogP contribution in [0.3, 0.4) is 0 Å². The summed E-state index contributed by atoms with van der Waals surface area (Å²) in [6.45, 7) is 0.425. The minimum absolute atomic E-state index is 0.0158. The summed E-state index contributed by atoms with van der Waals surface area (Å²) in [5, 5.41) is 3.70. The number of aryl methyl sites for hydroxylation is 1. The van der Waals surface area contributed by atoms with Gasteiger partial charge in [-0.15, -0.1) is 0 Å². The lowest BCUT2D eigenvalue weighted by molar-refractivity contribution is -0.120. The van der Waals surface area contributed by atoms with Crippen LogP contribution in [-0.2, 0) is 30.6 Å². The van der Waals surface area contributed by atoms with Gasteiger partial charge in [-0.2, -0.15) is 0 Å². The van der Waals surface area contributed by atoms with Crippen LogP contribution in [0.4, 0.5) is 0 Å². The first-order valence-electron chi connectivity index (χ1n) is 9.36. The molecule has 1 aromatic heterocycles. The summed E-state index contributed by atoms with van der Waals surface area (Å²) in [7, 11) is 0. The highest BCUT2D eigenvalue weighted by Crippen LogP contribution is 2.25. The zero-order valence-electron chi connectivity index (χ0n) is 15.1. The molecule has 1 N–H and O–H groups in total. The Bertz CT molecular complexity index is 932. The second-order valence-electron chi connectivity index (χ2n) is 6.88. The molecule has 4 nitrogen and oxygen atoms in total. The van der Waals surface area contributed by atoms with E-state index in [9.17, 15) is 4.79 Å². The van der Waals surface area contributed by atoms with Gasteiger partial charge >= 0.3 is 0 Å². The largest absolute Gasteiger partial charge is 0.349 e. The van der Waals surface area contributed by atoms with Crippen molar-refractivity contribution in [1.29, 1.82) is 0 Å². The number of hydrogen-bond donors (Lipinski definition) is 1. The lowest BCUT2D eigenvalue weighted by atomic mass is 10.0. The molecule has 1 aliphatic rings. The van der Waals surface area contributed by atoms with E-state index in [-0.39, 0.29) is 5.91 Å². The number of nitrogens with zero attached hydrogens (tertiary/aromatic N) is 2. The number of halogens is 1. The Kier molecular flexibility index (Phi) is 5.26. The zero-order valence-corrected chi connectivity index (χ0v) is 15.9. The van der Waals surface area contributed by atoms with E-state index in [4.69, 9.17) is 16.6 Å². The smallest absolute Gasteiger partial charge is 0.224 e. The van der Waals surface area contributed by atoms with Crippen LogP contribution >= 0.6 is 11.6 Å². The molecule has 0 atom stereocenters. The molecule has 1 heterocycles. The fraction of sp³-hybridized carbons (Fsp3) is 0.273. The van der Waals surface area contributed by atoms with Crippen LogP contribution < -0.4 is 5.32 Å². The van der Waals surface area contributed by atoms with Crippen LogP contribution in [0.15, 0.2) is 54.6 Å². The van der Waals surface area contributed by atoms with Crippen LogP contribution in [0.5, 0.6) is 0 Å². The third-order valence-corrected chi connectivity index (χ3v) is 5.19. The van der Waals surface area contributed by atoms with Crippen LogP contribution in [-0.4, -0.2) is 15.5 Å². The minimum Gasteiger partial charge on any atom is -0.349 e. The summed E-state index contributed by atoms with van der Waals surface area (Å²) < 4.78 is 2.22. The molecule has 3 aromatic rings. The van der Waals surface area contributed by atoms with Crippen molar-refractivity contribution in [3.8, 4) is 5.69 Å². The van der Waals surface area contributed by atoms with Crippen molar-refractivity contribution in [2.45, 2.75) is 38.6 Å². The monoisotopic (exact) mass is 379 g/mol. The number of aromatic nitrogens is 2. The predicted molar refractivity (Wildman–Crippen MR) is 107 cm³/mol. The van der Waals surface area contributed by atoms with E-state index in [2.05, 4.69) is 22.0 Å². The zero-order chi connectivity index (χ0) is 18.6. The fourth-order valence-electron chi connectivity index (χ4n) is 3.62. The number of carbonyl (C=O) groups excluding carboxylic acids is 1. The second kappa shape index (κ2) is 7.97. The van der Waals surface area contributed by atoms with E-state index in [1.165, 1.54) is 24.2 Å². The van der Waals surface area contributed by atoms with E-state index in [1.54, 1.807) is 12.1 Å². The summed E-state index contributed by atoms with van der Waals surface area (Å²) in [5.41, 5.74) is 4.51. The van der Waals surface area contributed by atoms with Crippen LogP contribution in [0.2, 0.25) is 5.02 Å². The average Bonchev–Trinajstić information content (AvgIpc) is 3.07. The van der Waals surface area contributed by atoms with Crippen LogP contribution in [0, 0.1) is 0 Å². The molecule has 0 aliphatic heterocycles. The molecule has 2 aromatic carbocycles. The number of hydrogen-bond acceptors (Lipinski definition) is 2. The van der Waals surface area contributed by atoms with Crippen molar-refractivity contribution in [3.05, 3.63) is 82.4 Å². The maximum atomic E-state index is 12.4. The summed E-state index contributed by atoms with van der Waals surface area (Å²) in [6, 6.07) is 17.6. The number of para-hydroxylation sites is 1. The molecule has 0 fully saturated rings. The number of carbonyl (C=O) groups is 1. The Morgan fingerprint density at radius 2 is 1.78 bits per heavy atom. The number of imidazole rings is 1. The first kappa shape index (κ1) is 17.8. The van der Waals surface area contributed by atoms with Crippen molar-refractivity contribution < 1.29 is 4.79 Å². The standard InChI is InChI=1S/C22H22ClN3O/c23-17-12-10-16(11-13-17)14-22(27)24-15-21-25-19-8-4-5-9-20(19)26(21)18-6-2-1-3-7-18/h1-3,6-7,10-13H,4-5,8-9,14-15H2,(H,24,27). The molecule has 0 saturated carbocycles. The lowest BCUT2D eigenvalue weighted by Crippen LogP contribution is -2.26. The highest BCUT2D eigenvalue weighted by Gasteiger charge is 2.21. The Morgan fingerprint density at radius 1 is 1.04 bits per heavy atom. The molecule has 0 spiro atoms. The molecule has 1 amide bonds. The number of fused-ring (bicyclic) bond motifs is 1. The molecule has 1 aliphatic carbocycles. The van der Waals surface area contributed by atoms with Gasteiger partial charge in [0.15, 0.2) is 0 Å². The molecule has 138 valence electrons. The molecular formula is C22H22ClN3O. The van der Waals surface area contributed by atoms with E-state index < -0.39 is 0 Å². The number of amides is 1. The molecule has 0 unspecified atom stereocenters. The van der Waals surface area contributed by atoms with Crippen molar-refractivity contribution in [3.63, 3.8) is 0 Å². The van der Waals surface area contributed by atoms with E-state index in [0.29, 0.717) is 18.0 Å². The molecule has 4 rings (SSSR count). The normalized spacial score (nSPS) is 13.2. The van der Waals surface area contributed by atoms with Gasteiger partial charge in [0, 0.05) is 16.4 Å². The SMILES string of the molecule is O=C(Cc1ccc(Cl)cc1)NCc1nc2c(n1-c1ccccc1)CCCC2. The molecular weight excluding hydrogens is 358 g/mol. The van der Waals surface area contributed by atoms with Gasteiger partial charge in [-0.1, -0.05) is 41.9 Å². The highest BCUT2D eigenvalue weighted by atomic mass is 35.5. The number of nitrogens with one attached hydrogen (secondary N) is 1. The molecule has 0 saturated heterocycles. The van der Waals surface area contributed by atoms with Gasteiger partial charge in [0.2, 0.25) is 5.91 Å². The Labute approximate surface area is 164 Å². The maximum Gasteiger partial charge on any atom is 0.224 e. The van der Waals surface area contributed by atoms with E-state index in [0.717, 1.165) is 29.9 Å². The van der Waals surface area contributed by atoms with Crippen molar-refractivity contribution in [2.75, 3.05) is 0 Å². The topological polar surface area (TPSA) is 46.9 Å². The maximum absolute atomic E-state index is 12.4. The van der Waals surface area contributed by atoms with Crippen LogP contribution in [0.1, 0.15) is 35.6 Å². The number of benzene rings is 2. The fourth-order valence-corrected chi connectivity index (χ4v) is 3.75. The highest BCUT2D eigenvalue weighted by molar-refractivity contribution is 6.30. The molecule has 0 radical (unpaired) electrons. The quantitative estimate of drug-likeness (QED) is 0.719. The van der Waals surface area contributed by atoms with E-state index >= 15 is 0 Å². The van der Waals surface area contributed by atoms with Gasteiger partial charge in [0.1, 0.15) is 5.82 Å². The van der Waals surface area contributed by atoms with Crippen molar-refractivity contribution in [1.82, 2.24) is 14.9 Å². The van der Waals surface area contributed by atoms with Crippen LogP contribution in [0.25, 0.3) is 5.69 Å². The summed E-state index contributed by atoms with van der Waals surface area (Å²) >= 11 is 5.90. The third kappa shape index (κ3) is 4.06. The Morgan fingerprint density at radius 3 is 2.56 bits per heavy atom. The number of rotatable bonds is 5.